The minimum atomic E-state index is -0.715. The third kappa shape index (κ3) is 2.51. The molecule has 0 aromatic rings. The average Bonchev–Trinajstić information content (AvgIpc) is 2.17. The van der Waals surface area contributed by atoms with Crippen LogP contribution in [0.3, 0.4) is 0 Å². The molecule has 1 N–H and O–H groups in total. The highest BCUT2D eigenvalue weighted by Crippen LogP contribution is 2.43. The predicted octanol–water partition coefficient (Wildman–Crippen LogP) is 2.57. The molecule has 2 rings (SSSR count). The van der Waals surface area contributed by atoms with Gasteiger partial charge >= 0.3 is 0 Å². The van der Waals surface area contributed by atoms with Gasteiger partial charge in [0.2, 0.25) is 0 Å². The quantitative estimate of drug-likeness (QED) is 0.748. The van der Waals surface area contributed by atoms with Gasteiger partial charge in [-0.3, -0.25) is 0 Å². The Hall–Kier alpha value is -0.150. The maximum Gasteiger partial charge on any atom is 0.131 e. The number of thioether (sulfide) groups is 1. The van der Waals surface area contributed by atoms with Crippen molar-refractivity contribution in [1.82, 2.24) is 0 Å². The average molecular weight is 228 g/mol. The van der Waals surface area contributed by atoms with E-state index in [1.54, 1.807) is 0 Å². The number of aliphatic hydroxyl groups is 1. The van der Waals surface area contributed by atoms with Crippen molar-refractivity contribution in [2.24, 2.45) is 5.41 Å². The van der Waals surface area contributed by atoms with Gasteiger partial charge in [-0.25, -0.2) is 0 Å². The van der Waals surface area contributed by atoms with Gasteiger partial charge in [-0.05, 0) is 36.5 Å². The Balaban J connectivity index is 2.14. The summed E-state index contributed by atoms with van der Waals surface area (Å²) in [5.41, 5.74) is -0.508. The normalized spacial score (nSPS) is 35.5. The van der Waals surface area contributed by atoms with Gasteiger partial charge in [-0.1, -0.05) is 13.8 Å². The second kappa shape index (κ2) is 4.02. The van der Waals surface area contributed by atoms with E-state index in [1.165, 1.54) is 0 Å². The van der Waals surface area contributed by atoms with E-state index in [4.69, 9.17) is 4.74 Å². The van der Waals surface area contributed by atoms with E-state index < -0.39 is 5.60 Å². The van der Waals surface area contributed by atoms with Crippen LogP contribution in [-0.4, -0.2) is 28.8 Å². The van der Waals surface area contributed by atoms with Gasteiger partial charge in [0, 0.05) is 5.75 Å². The summed E-state index contributed by atoms with van der Waals surface area (Å²) in [6.07, 6.45) is 5.02. The van der Waals surface area contributed by atoms with Gasteiger partial charge in [0.05, 0.1) is 6.61 Å². The SMILES string of the molecule is CC1(C)CSCC(O)(C2=CCCCO2)C1. The van der Waals surface area contributed by atoms with Crippen LogP contribution in [0.2, 0.25) is 0 Å². The monoisotopic (exact) mass is 228 g/mol. The molecule has 15 heavy (non-hydrogen) atoms. The first-order valence-corrected chi connectivity index (χ1v) is 6.81. The topological polar surface area (TPSA) is 29.5 Å². The van der Waals surface area contributed by atoms with E-state index in [-0.39, 0.29) is 5.41 Å². The summed E-state index contributed by atoms with van der Waals surface area (Å²) in [5, 5.41) is 10.6. The lowest BCUT2D eigenvalue weighted by atomic mass is 9.80. The molecule has 1 unspecified atom stereocenters. The van der Waals surface area contributed by atoms with E-state index in [0.29, 0.717) is 0 Å². The summed E-state index contributed by atoms with van der Waals surface area (Å²) in [6.45, 7) is 5.19. The van der Waals surface area contributed by atoms with Gasteiger partial charge in [0.25, 0.3) is 0 Å². The van der Waals surface area contributed by atoms with E-state index in [9.17, 15) is 5.11 Å². The largest absolute Gasteiger partial charge is 0.495 e. The first-order chi connectivity index (χ1) is 7.02. The second-order valence-corrected chi connectivity index (χ2v) is 6.41. The van der Waals surface area contributed by atoms with Crippen molar-refractivity contribution in [3.05, 3.63) is 11.8 Å². The van der Waals surface area contributed by atoms with Crippen LogP contribution in [0.1, 0.15) is 33.1 Å². The molecule has 2 aliphatic heterocycles. The Labute approximate surface area is 96.1 Å². The molecule has 2 nitrogen and oxygen atoms in total. The summed E-state index contributed by atoms with van der Waals surface area (Å²) in [6, 6.07) is 0. The van der Waals surface area contributed by atoms with E-state index in [0.717, 1.165) is 43.1 Å². The molecule has 2 aliphatic rings. The number of rotatable bonds is 1. The lowest BCUT2D eigenvalue weighted by molar-refractivity contribution is -0.00901. The minimum Gasteiger partial charge on any atom is -0.495 e. The molecule has 0 saturated carbocycles. The Bertz CT molecular complexity index is 273. The van der Waals surface area contributed by atoms with Crippen LogP contribution in [0.25, 0.3) is 0 Å². The molecule has 3 heteroatoms. The van der Waals surface area contributed by atoms with Gasteiger partial charge in [0.1, 0.15) is 11.4 Å². The Kier molecular flexibility index (Phi) is 3.04. The van der Waals surface area contributed by atoms with Gasteiger partial charge in [-0.2, -0.15) is 11.8 Å². The first-order valence-electron chi connectivity index (χ1n) is 5.65. The summed E-state index contributed by atoms with van der Waals surface area (Å²) in [5.74, 6) is 2.74. The molecule has 0 amide bonds. The predicted molar refractivity (Wildman–Crippen MR) is 63.9 cm³/mol. The number of ether oxygens (including phenoxy) is 1. The van der Waals surface area contributed by atoms with Crippen LogP contribution in [-0.2, 0) is 4.74 Å². The molecule has 0 bridgehead atoms. The fourth-order valence-corrected chi connectivity index (χ4v) is 3.77. The summed E-state index contributed by atoms with van der Waals surface area (Å²) >= 11 is 1.83. The van der Waals surface area contributed by atoms with Gasteiger partial charge in [0.15, 0.2) is 0 Å². The highest BCUT2D eigenvalue weighted by molar-refractivity contribution is 7.99. The van der Waals surface area contributed by atoms with Crippen LogP contribution in [0.4, 0.5) is 0 Å². The van der Waals surface area contributed by atoms with E-state index in [1.807, 2.05) is 11.8 Å². The molecule has 1 fully saturated rings. The van der Waals surface area contributed by atoms with Crippen LogP contribution < -0.4 is 0 Å². The zero-order chi connectivity index (χ0) is 10.9. The number of hydrogen-bond donors (Lipinski definition) is 1. The van der Waals surface area contributed by atoms with Crippen molar-refractivity contribution in [3.63, 3.8) is 0 Å². The van der Waals surface area contributed by atoms with Crippen molar-refractivity contribution in [2.75, 3.05) is 18.1 Å². The summed E-state index contributed by atoms with van der Waals surface area (Å²) in [7, 11) is 0. The third-order valence-electron chi connectivity index (χ3n) is 3.00. The zero-order valence-electron chi connectivity index (χ0n) is 9.58. The van der Waals surface area contributed by atoms with E-state index in [2.05, 4.69) is 19.9 Å². The van der Waals surface area contributed by atoms with Crippen molar-refractivity contribution >= 4 is 11.8 Å². The molecule has 0 aromatic carbocycles. The lowest BCUT2D eigenvalue weighted by Gasteiger charge is -2.42. The van der Waals surface area contributed by atoms with Crippen LogP contribution in [0.15, 0.2) is 11.8 Å². The fourth-order valence-electron chi connectivity index (χ4n) is 2.43. The van der Waals surface area contributed by atoms with Gasteiger partial charge in [-0.15, -0.1) is 0 Å². The van der Waals surface area contributed by atoms with Crippen molar-refractivity contribution in [2.45, 2.75) is 38.7 Å². The van der Waals surface area contributed by atoms with Crippen molar-refractivity contribution in [1.29, 1.82) is 0 Å². The van der Waals surface area contributed by atoms with Gasteiger partial charge < -0.3 is 9.84 Å². The first kappa shape index (κ1) is 11.3. The Morgan fingerprint density at radius 2 is 2.20 bits per heavy atom. The molecule has 1 saturated heterocycles. The maximum absolute atomic E-state index is 10.6. The standard InChI is InChI=1S/C12H20O2S/c1-11(2)7-12(13,9-15-8-11)10-5-3-4-6-14-10/h5,13H,3-4,6-9H2,1-2H3. The molecule has 1 atom stereocenters. The lowest BCUT2D eigenvalue weighted by Crippen LogP contribution is -2.45. The molecule has 2 heterocycles. The fraction of sp³-hybridized carbons (Fsp3) is 0.833. The maximum atomic E-state index is 10.6. The summed E-state index contributed by atoms with van der Waals surface area (Å²) in [4.78, 5) is 0. The Morgan fingerprint density at radius 1 is 1.40 bits per heavy atom. The highest BCUT2D eigenvalue weighted by Gasteiger charge is 2.43. The van der Waals surface area contributed by atoms with Crippen molar-refractivity contribution in [3.8, 4) is 0 Å². The zero-order valence-corrected chi connectivity index (χ0v) is 10.4. The minimum absolute atomic E-state index is 0.208. The molecular formula is C12H20O2S. The molecule has 86 valence electrons. The molecule has 0 aromatic heterocycles. The number of hydrogen-bond acceptors (Lipinski definition) is 3. The van der Waals surface area contributed by atoms with Crippen molar-refractivity contribution < 1.29 is 9.84 Å². The number of allylic oxidation sites excluding steroid dienone is 1. The molecule has 0 spiro atoms. The van der Waals surface area contributed by atoms with Crippen LogP contribution in [0.5, 0.6) is 0 Å². The molecular weight excluding hydrogens is 208 g/mol. The van der Waals surface area contributed by atoms with Crippen LogP contribution >= 0.6 is 11.8 Å². The smallest absolute Gasteiger partial charge is 0.131 e. The highest BCUT2D eigenvalue weighted by atomic mass is 32.2. The Morgan fingerprint density at radius 3 is 2.80 bits per heavy atom. The second-order valence-electron chi connectivity index (χ2n) is 5.42. The summed E-state index contributed by atoms with van der Waals surface area (Å²) < 4.78 is 5.61. The van der Waals surface area contributed by atoms with Crippen LogP contribution in [0, 0.1) is 5.41 Å². The molecule has 0 aliphatic carbocycles. The molecule has 0 radical (unpaired) electrons. The van der Waals surface area contributed by atoms with E-state index >= 15 is 0 Å². The third-order valence-corrected chi connectivity index (χ3v) is 4.67.